The van der Waals surface area contributed by atoms with Crippen LogP contribution in [0.4, 0.5) is 0 Å². The lowest BCUT2D eigenvalue weighted by Gasteiger charge is -2.16. The van der Waals surface area contributed by atoms with Crippen molar-refractivity contribution in [1.82, 2.24) is 0 Å². The highest BCUT2D eigenvalue weighted by Gasteiger charge is 2.13. The summed E-state index contributed by atoms with van der Waals surface area (Å²) in [6.45, 7) is 5.56. The van der Waals surface area contributed by atoms with E-state index in [2.05, 4.69) is 6.92 Å². The van der Waals surface area contributed by atoms with Crippen molar-refractivity contribution in [1.29, 1.82) is 0 Å². The quantitative estimate of drug-likeness (QED) is 0.489. The number of ether oxygens (including phenoxy) is 3. The van der Waals surface area contributed by atoms with Crippen LogP contribution in [0.2, 0.25) is 0 Å². The van der Waals surface area contributed by atoms with E-state index < -0.39 is 0 Å². The average molecular weight is 302 g/mol. The number of methoxy groups -OCH3 is 1. The number of unbranched alkanes of at least 4 members (excludes halogenated alkanes) is 1. The molecule has 0 spiro atoms. The Bertz CT molecular complexity index is 270. The molecule has 0 saturated carbocycles. The second-order valence-electron chi connectivity index (χ2n) is 5.19. The van der Waals surface area contributed by atoms with Gasteiger partial charge in [-0.3, -0.25) is 9.59 Å². The van der Waals surface area contributed by atoms with E-state index in [9.17, 15) is 9.59 Å². The Morgan fingerprint density at radius 2 is 1.57 bits per heavy atom. The van der Waals surface area contributed by atoms with Crippen LogP contribution >= 0.6 is 0 Å². The average Bonchev–Trinajstić information content (AvgIpc) is 2.50. The van der Waals surface area contributed by atoms with Crippen molar-refractivity contribution >= 4 is 11.9 Å². The van der Waals surface area contributed by atoms with Crippen LogP contribution in [0.5, 0.6) is 0 Å². The Hall–Kier alpha value is -1.10. The summed E-state index contributed by atoms with van der Waals surface area (Å²) >= 11 is 0. The number of hydrogen-bond acceptors (Lipinski definition) is 5. The molecule has 0 bridgehead atoms. The van der Waals surface area contributed by atoms with Gasteiger partial charge >= 0.3 is 11.9 Å². The SMILES string of the molecule is CCCCC(CCOC)COC(=O)CCC(=O)OCCC. The molecular formula is C16H30O5. The van der Waals surface area contributed by atoms with Crippen molar-refractivity contribution in [2.45, 2.75) is 58.8 Å². The molecule has 0 rings (SSSR count). The summed E-state index contributed by atoms with van der Waals surface area (Å²) in [7, 11) is 1.67. The summed E-state index contributed by atoms with van der Waals surface area (Å²) in [4.78, 5) is 22.9. The van der Waals surface area contributed by atoms with E-state index in [4.69, 9.17) is 14.2 Å². The summed E-state index contributed by atoms with van der Waals surface area (Å²) in [5, 5.41) is 0. The third-order valence-electron chi connectivity index (χ3n) is 3.18. The van der Waals surface area contributed by atoms with E-state index in [1.807, 2.05) is 6.92 Å². The van der Waals surface area contributed by atoms with Crippen LogP contribution in [0.3, 0.4) is 0 Å². The summed E-state index contributed by atoms with van der Waals surface area (Å²) in [6, 6.07) is 0. The molecule has 5 heteroatoms. The van der Waals surface area contributed by atoms with E-state index in [1.165, 1.54) is 0 Å². The summed E-state index contributed by atoms with van der Waals surface area (Å²) in [5.74, 6) is -0.334. The zero-order valence-electron chi connectivity index (χ0n) is 13.7. The van der Waals surface area contributed by atoms with Crippen LogP contribution in [-0.2, 0) is 23.8 Å². The summed E-state index contributed by atoms with van der Waals surface area (Å²) < 4.78 is 15.2. The monoisotopic (exact) mass is 302 g/mol. The smallest absolute Gasteiger partial charge is 0.306 e. The molecule has 0 radical (unpaired) electrons. The van der Waals surface area contributed by atoms with Crippen LogP contribution in [0, 0.1) is 5.92 Å². The molecule has 0 aromatic heterocycles. The van der Waals surface area contributed by atoms with Gasteiger partial charge in [-0.1, -0.05) is 26.7 Å². The highest BCUT2D eigenvalue weighted by molar-refractivity contribution is 5.77. The lowest BCUT2D eigenvalue weighted by molar-refractivity contribution is -0.151. The molecule has 1 unspecified atom stereocenters. The van der Waals surface area contributed by atoms with E-state index in [-0.39, 0.29) is 24.8 Å². The molecule has 0 aromatic rings. The molecule has 0 heterocycles. The molecule has 0 aliphatic carbocycles. The Labute approximate surface area is 128 Å². The second kappa shape index (κ2) is 13.9. The van der Waals surface area contributed by atoms with Gasteiger partial charge in [0.1, 0.15) is 0 Å². The lowest BCUT2D eigenvalue weighted by atomic mass is 10.00. The Morgan fingerprint density at radius 1 is 0.905 bits per heavy atom. The number of rotatable bonds is 13. The van der Waals surface area contributed by atoms with Gasteiger partial charge < -0.3 is 14.2 Å². The minimum absolute atomic E-state index is 0.0906. The van der Waals surface area contributed by atoms with Gasteiger partial charge in [0.05, 0.1) is 26.1 Å². The molecule has 0 aliphatic heterocycles. The first-order valence-corrected chi connectivity index (χ1v) is 7.94. The van der Waals surface area contributed by atoms with E-state index in [0.717, 1.165) is 32.1 Å². The third-order valence-corrected chi connectivity index (χ3v) is 3.18. The first kappa shape index (κ1) is 19.9. The largest absolute Gasteiger partial charge is 0.466 e. The van der Waals surface area contributed by atoms with Crippen molar-refractivity contribution in [2.24, 2.45) is 5.92 Å². The molecule has 5 nitrogen and oxygen atoms in total. The summed E-state index contributed by atoms with van der Waals surface area (Å²) in [6.07, 6.45) is 5.14. The van der Waals surface area contributed by atoms with Crippen LogP contribution < -0.4 is 0 Å². The molecule has 1 atom stereocenters. The fourth-order valence-electron chi connectivity index (χ4n) is 1.86. The summed E-state index contributed by atoms with van der Waals surface area (Å²) in [5.41, 5.74) is 0. The predicted molar refractivity (Wildman–Crippen MR) is 81.0 cm³/mol. The molecule has 124 valence electrons. The van der Waals surface area contributed by atoms with Crippen LogP contribution in [-0.4, -0.2) is 38.9 Å². The van der Waals surface area contributed by atoms with Crippen molar-refractivity contribution in [3.8, 4) is 0 Å². The zero-order valence-corrected chi connectivity index (χ0v) is 13.7. The molecule has 0 saturated heterocycles. The molecule has 0 fully saturated rings. The van der Waals surface area contributed by atoms with E-state index in [0.29, 0.717) is 25.7 Å². The first-order valence-electron chi connectivity index (χ1n) is 7.94. The van der Waals surface area contributed by atoms with Gasteiger partial charge in [-0.05, 0) is 25.2 Å². The van der Waals surface area contributed by atoms with Gasteiger partial charge in [-0.15, -0.1) is 0 Å². The molecule has 21 heavy (non-hydrogen) atoms. The maximum atomic E-state index is 11.6. The topological polar surface area (TPSA) is 61.8 Å². The standard InChI is InChI=1S/C16H30O5/c1-4-6-7-14(10-12-19-3)13-21-16(18)9-8-15(17)20-11-5-2/h14H,4-13H2,1-3H3. The Balaban J connectivity index is 3.86. The first-order chi connectivity index (χ1) is 10.1. The molecule has 0 aromatic carbocycles. The van der Waals surface area contributed by atoms with Gasteiger partial charge in [-0.25, -0.2) is 0 Å². The number of carbonyl (C=O) groups is 2. The van der Waals surface area contributed by atoms with Crippen LogP contribution in [0.15, 0.2) is 0 Å². The van der Waals surface area contributed by atoms with Crippen LogP contribution in [0.25, 0.3) is 0 Å². The van der Waals surface area contributed by atoms with Gasteiger partial charge in [0, 0.05) is 13.7 Å². The number of carbonyl (C=O) groups excluding carboxylic acids is 2. The fraction of sp³-hybridized carbons (Fsp3) is 0.875. The second-order valence-corrected chi connectivity index (χ2v) is 5.19. The normalized spacial score (nSPS) is 12.0. The maximum absolute atomic E-state index is 11.6. The molecular weight excluding hydrogens is 272 g/mol. The van der Waals surface area contributed by atoms with Crippen molar-refractivity contribution < 1.29 is 23.8 Å². The minimum Gasteiger partial charge on any atom is -0.466 e. The minimum atomic E-state index is -0.337. The van der Waals surface area contributed by atoms with Gasteiger partial charge in [-0.2, -0.15) is 0 Å². The van der Waals surface area contributed by atoms with Crippen LogP contribution in [0.1, 0.15) is 58.8 Å². The fourth-order valence-corrected chi connectivity index (χ4v) is 1.86. The number of hydrogen-bond donors (Lipinski definition) is 0. The molecule has 0 amide bonds. The molecule has 0 N–H and O–H groups in total. The zero-order chi connectivity index (χ0) is 15.9. The van der Waals surface area contributed by atoms with Crippen molar-refractivity contribution in [3.63, 3.8) is 0 Å². The van der Waals surface area contributed by atoms with Crippen molar-refractivity contribution in [2.75, 3.05) is 26.9 Å². The maximum Gasteiger partial charge on any atom is 0.306 e. The highest BCUT2D eigenvalue weighted by Crippen LogP contribution is 2.14. The van der Waals surface area contributed by atoms with Gasteiger partial charge in [0.25, 0.3) is 0 Å². The molecule has 0 aliphatic rings. The Morgan fingerprint density at radius 3 is 2.14 bits per heavy atom. The predicted octanol–water partition coefficient (Wildman–Crippen LogP) is 3.11. The van der Waals surface area contributed by atoms with E-state index >= 15 is 0 Å². The highest BCUT2D eigenvalue weighted by atomic mass is 16.5. The van der Waals surface area contributed by atoms with Gasteiger partial charge in [0.2, 0.25) is 0 Å². The van der Waals surface area contributed by atoms with E-state index in [1.54, 1.807) is 7.11 Å². The Kier molecular flexibility index (Phi) is 13.1. The number of esters is 2. The lowest BCUT2D eigenvalue weighted by Crippen LogP contribution is -2.17. The van der Waals surface area contributed by atoms with Gasteiger partial charge in [0.15, 0.2) is 0 Å². The third kappa shape index (κ3) is 12.4. The van der Waals surface area contributed by atoms with Crippen molar-refractivity contribution in [3.05, 3.63) is 0 Å².